The van der Waals surface area contributed by atoms with Crippen molar-refractivity contribution in [3.8, 4) is 0 Å². The van der Waals surface area contributed by atoms with E-state index in [9.17, 15) is 4.79 Å². The van der Waals surface area contributed by atoms with Crippen LogP contribution in [0.4, 0.5) is 5.82 Å². The third-order valence-electron chi connectivity index (χ3n) is 5.54. The van der Waals surface area contributed by atoms with Gasteiger partial charge in [0.05, 0.1) is 31.4 Å². The van der Waals surface area contributed by atoms with Gasteiger partial charge in [0, 0.05) is 45.5 Å². The summed E-state index contributed by atoms with van der Waals surface area (Å²) in [6.07, 6.45) is 4.70. The quantitative estimate of drug-likeness (QED) is 0.783. The topological polar surface area (TPSA) is 66.9 Å². The minimum atomic E-state index is 0.0819. The minimum Gasteiger partial charge on any atom is -0.383 e. The monoisotopic (exact) mass is 376 g/mol. The first-order valence-electron chi connectivity index (χ1n) is 10.0. The Morgan fingerprint density at radius 1 is 1.30 bits per heavy atom. The fourth-order valence-corrected chi connectivity index (χ4v) is 3.84. The largest absolute Gasteiger partial charge is 0.383 e. The molecule has 2 saturated heterocycles. The van der Waals surface area contributed by atoms with Crippen molar-refractivity contribution in [1.82, 2.24) is 14.8 Å². The lowest BCUT2D eigenvalue weighted by Gasteiger charge is -2.40. The molecule has 1 unspecified atom stereocenters. The Morgan fingerprint density at radius 3 is 2.63 bits per heavy atom. The second kappa shape index (κ2) is 10.0. The van der Waals surface area contributed by atoms with Gasteiger partial charge in [-0.15, -0.1) is 0 Å². The van der Waals surface area contributed by atoms with Gasteiger partial charge < -0.3 is 19.7 Å². The van der Waals surface area contributed by atoms with Gasteiger partial charge in [0.2, 0.25) is 0 Å². The number of carbonyl (C=O) groups is 1. The molecule has 1 amide bonds. The molecule has 0 aromatic carbocycles. The van der Waals surface area contributed by atoms with Crippen LogP contribution in [0.25, 0.3) is 0 Å². The number of nitrogens with one attached hydrogen (secondary N) is 1. The van der Waals surface area contributed by atoms with Crippen LogP contribution in [0.3, 0.4) is 0 Å². The number of hydrogen-bond donors (Lipinski definition) is 1. The highest BCUT2D eigenvalue weighted by molar-refractivity contribution is 5.94. The van der Waals surface area contributed by atoms with Crippen LogP contribution in [0.1, 0.15) is 36.5 Å². The lowest BCUT2D eigenvalue weighted by Crippen LogP contribution is -2.50. The third-order valence-corrected chi connectivity index (χ3v) is 5.54. The van der Waals surface area contributed by atoms with Gasteiger partial charge in [-0.3, -0.25) is 9.69 Å². The van der Waals surface area contributed by atoms with Crippen LogP contribution < -0.4 is 5.32 Å². The SMILES string of the molecule is CCC(COC)Nc1ccc(C(=O)N2CCC(N3CCOCC3)CC2)cn1. The summed E-state index contributed by atoms with van der Waals surface area (Å²) in [6, 6.07) is 4.55. The molecule has 0 bridgehead atoms. The number of hydrogen-bond acceptors (Lipinski definition) is 6. The number of piperidine rings is 1. The van der Waals surface area contributed by atoms with Gasteiger partial charge in [-0.2, -0.15) is 0 Å². The van der Waals surface area contributed by atoms with Gasteiger partial charge in [0.25, 0.3) is 5.91 Å². The number of aromatic nitrogens is 1. The number of morpholine rings is 1. The summed E-state index contributed by atoms with van der Waals surface area (Å²) in [6.45, 7) is 8.05. The van der Waals surface area contributed by atoms with E-state index >= 15 is 0 Å². The number of pyridine rings is 1. The summed E-state index contributed by atoms with van der Waals surface area (Å²) in [4.78, 5) is 21.7. The second-order valence-corrected chi connectivity index (χ2v) is 7.31. The Labute approximate surface area is 162 Å². The number of carbonyl (C=O) groups excluding carboxylic acids is 1. The Morgan fingerprint density at radius 2 is 2.04 bits per heavy atom. The number of nitrogens with zero attached hydrogens (tertiary/aromatic N) is 3. The number of likely N-dealkylation sites (tertiary alicyclic amines) is 1. The molecule has 3 rings (SSSR count). The predicted octanol–water partition coefficient (Wildman–Crippen LogP) is 1.86. The molecular weight excluding hydrogens is 344 g/mol. The van der Waals surface area contributed by atoms with E-state index in [0.717, 1.165) is 64.5 Å². The zero-order valence-electron chi connectivity index (χ0n) is 16.5. The highest BCUT2D eigenvalue weighted by Crippen LogP contribution is 2.20. The van der Waals surface area contributed by atoms with Gasteiger partial charge in [-0.25, -0.2) is 4.98 Å². The molecule has 2 aliphatic rings. The van der Waals surface area contributed by atoms with Crippen molar-refractivity contribution in [1.29, 1.82) is 0 Å². The Hall–Kier alpha value is -1.70. The molecule has 1 N–H and O–H groups in total. The first-order chi connectivity index (χ1) is 13.2. The standard InChI is InChI=1S/C20H32N4O3/c1-3-17(15-26-2)22-19-5-4-16(14-21-19)20(25)24-8-6-18(7-9-24)23-10-12-27-13-11-23/h4-5,14,17-18H,3,6-13,15H2,1-2H3,(H,21,22). The van der Waals surface area contributed by atoms with Crippen LogP contribution in [0, 0.1) is 0 Å². The summed E-state index contributed by atoms with van der Waals surface area (Å²) in [5, 5.41) is 3.34. The maximum atomic E-state index is 12.8. The molecule has 7 nitrogen and oxygen atoms in total. The fourth-order valence-electron chi connectivity index (χ4n) is 3.84. The summed E-state index contributed by atoms with van der Waals surface area (Å²) in [7, 11) is 1.70. The number of ether oxygens (including phenoxy) is 2. The number of anilines is 1. The van der Waals surface area contributed by atoms with Crippen molar-refractivity contribution in [2.24, 2.45) is 0 Å². The molecule has 1 aromatic rings. The van der Waals surface area contributed by atoms with Gasteiger partial charge >= 0.3 is 0 Å². The molecule has 0 aliphatic carbocycles. The third kappa shape index (κ3) is 5.40. The molecule has 2 aliphatic heterocycles. The van der Waals surface area contributed by atoms with Gasteiger partial charge in [-0.05, 0) is 31.4 Å². The molecule has 3 heterocycles. The molecule has 1 atom stereocenters. The summed E-state index contributed by atoms with van der Waals surface area (Å²) < 4.78 is 10.6. The van der Waals surface area contributed by atoms with E-state index in [2.05, 4.69) is 22.1 Å². The maximum Gasteiger partial charge on any atom is 0.255 e. The van der Waals surface area contributed by atoms with E-state index in [4.69, 9.17) is 9.47 Å². The molecule has 2 fully saturated rings. The Balaban J connectivity index is 1.50. The van der Waals surface area contributed by atoms with Gasteiger partial charge in [-0.1, -0.05) is 6.92 Å². The summed E-state index contributed by atoms with van der Waals surface area (Å²) in [5.41, 5.74) is 0.658. The van der Waals surface area contributed by atoms with E-state index in [-0.39, 0.29) is 11.9 Å². The average molecular weight is 377 g/mol. The van der Waals surface area contributed by atoms with Crippen LogP contribution in [0.2, 0.25) is 0 Å². The number of methoxy groups -OCH3 is 1. The van der Waals surface area contributed by atoms with E-state index in [1.807, 2.05) is 17.0 Å². The van der Waals surface area contributed by atoms with Crippen molar-refractivity contribution in [2.75, 3.05) is 58.4 Å². The van der Waals surface area contributed by atoms with Gasteiger partial charge in [0.15, 0.2) is 0 Å². The van der Waals surface area contributed by atoms with E-state index in [0.29, 0.717) is 18.2 Å². The molecule has 27 heavy (non-hydrogen) atoms. The molecule has 7 heteroatoms. The van der Waals surface area contributed by atoms with Crippen molar-refractivity contribution in [3.63, 3.8) is 0 Å². The lowest BCUT2D eigenvalue weighted by atomic mass is 10.0. The predicted molar refractivity (Wildman–Crippen MR) is 105 cm³/mol. The van der Waals surface area contributed by atoms with E-state index in [1.165, 1.54) is 0 Å². The Kier molecular flexibility index (Phi) is 7.43. The first-order valence-corrected chi connectivity index (χ1v) is 10.0. The smallest absolute Gasteiger partial charge is 0.255 e. The maximum absolute atomic E-state index is 12.8. The molecule has 0 radical (unpaired) electrons. The van der Waals surface area contributed by atoms with Crippen molar-refractivity contribution in [3.05, 3.63) is 23.9 Å². The lowest BCUT2D eigenvalue weighted by molar-refractivity contribution is 0.00158. The highest BCUT2D eigenvalue weighted by Gasteiger charge is 2.28. The van der Waals surface area contributed by atoms with Crippen molar-refractivity contribution < 1.29 is 14.3 Å². The molecule has 0 saturated carbocycles. The van der Waals surface area contributed by atoms with Crippen LogP contribution in [0.5, 0.6) is 0 Å². The highest BCUT2D eigenvalue weighted by atomic mass is 16.5. The zero-order chi connectivity index (χ0) is 19.1. The molecular formula is C20H32N4O3. The normalized spacial score (nSPS) is 20.4. The molecule has 1 aromatic heterocycles. The number of rotatable bonds is 7. The summed E-state index contributed by atoms with van der Waals surface area (Å²) >= 11 is 0. The second-order valence-electron chi connectivity index (χ2n) is 7.31. The number of amides is 1. The average Bonchev–Trinajstić information content (AvgIpc) is 2.74. The Bertz CT molecular complexity index is 581. The van der Waals surface area contributed by atoms with Crippen molar-refractivity contribution >= 4 is 11.7 Å². The van der Waals surface area contributed by atoms with Gasteiger partial charge in [0.1, 0.15) is 5.82 Å². The fraction of sp³-hybridized carbons (Fsp3) is 0.700. The van der Waals surface area contributed by atoms with Crippen LogP contribution in [-0.2, 0) is 9.47 Å². The van der Waals surface area contributed by atoms with E-state index in [1.54, 1.807) is 13.3 Å². The minimum absolute atomic E-state index is 0.0819. The molecule has 0 spiro atoms. The van der Waals surface area contributed by atoms with Crippen molar-refractivity contribution in [2.45, 2.75) is 38.3 Å². The summed E-state index contributed by atoms with van der Waals surface area (Å²) in [5.74, 6) is 0.861. The zero-order valence-corrected chi connectivity index (χ0v) is 16.5. The van der Waals surface area contributed by atoms with Crippen LogP contribution in [-0.4, -0.2) is 85.9 Å². The first kappa shape index (κ1) is 20.0. The van der Waals surface area contributed by atoms with E-state index < -0.39 is 0 Å². The van der Waals surface area contributed by atoms with Crippen LogP contribution >= 0.6 is 0 Å². The molecule has 150 valence electrons. The van der Waals surface area contributed by atoms with Crippen LogP contribution in [0.15, 0.2) is 18.3 Å².